The molecule has 21 heavy (non-hydrogen) atoms. The summed E-state index contributed by atoms with van der Waals surface area (Å²) in [7, 11) is 0. The van der Waals surface area contributed by atoms with E-state index in [4.69, 9.17) is 4.74 Å². The summed E-state index contributed by atoms with van der Waals surface area (Å²) in [6.07, 6.45) is 11.6. The van der Waals surface area contributed by atoms with Gasteiger partial charge in [-0.15, -0.1) is 0 Å². The quantitative estimate of drug-likeness (QED) is 0.522. The Balaban J connectivity index is 1.81. The van der Waals surface area contributed by atoms with Crippen molar-refractivity contribution >= 4 is 5.97 Å². The van der Waals surface area contributed by atoms with Crippen LogP contribution in [-0.4, -0.2) is 11.6 Å². The number of hydrogen-bond acceptors (Lipinski definition) is 2. The molecule has 1 unspecified atom stereocenters. The van der Waals surface area contributed by atoms with Gasteiger partial charge in [0.05, 0.1) is 0 Å². The van der Waals surface area contributed by atoms with Crippen molar-refractivity contribution in [2.45, 2.75) is 70.8 Å². The topological polar surface area (TPSA) is 26.3 Å². The van der Waals surface area contributed by atoms with Crippen molar-refractivity contribution in [2.24, 2.45) is 29.6 Å². The lowest BCUT2D eigenvalue weighted by Crippen LogP contribution is -2.55. The van der Waals surface area contributed by atoms with Crippen molar-refractivity contribution in [2.75, 3.05) is 0 Å². The zero-order valence-electron chi connectivity index (χ0n) is 13.6. The number of carbonyl (C=O) groups is 1. The highest BCUT2D eigenvalue weighted by atomic mass is 16.6. The van der Waals surface area contributed by atoms with Gasteiger partial charge in [0.15, 0.2) is 0 Å². The van der Waals surface area contributed by atoms with E-state index >= 15 is 0 Å². The Labute approximate surface area is 129 Å². The summed E-state index contributed by atoms with van der Waals surface area (Å²) in [5.74, 6) is 3.87. The second-order valence-electron chi connectivity index (χ2n) is 8.00. The molecule has 4 aliphatic carbocycles. The maximum absolute atomic E-state index is 11.9. The summed E-state index contributed by atoms with van der Waals surface area (Å²) in [6.45, 7) is 8.01. The average molecular weight is 290 g/mol. The van der Waals surface area contributed by atoms with Crippen LogP contribution in [0.3, 0.4) is 0 Å². The molecule has 2 nitrogen and oxygen atoms in total. The van der Waals surface area contributed by atoms with Crippen molar-refractivity contribution in [1.82, 2.24) is 0 Å². The molecule has 2 heteroatoms. The van der Waals surface area contributed by atoms with Crippen molar-refractivity contribution in [1.29, 1.82) is 0 Å². The lowest BCUT2D eigenvalue weighted by molar-refractivity contribution is -0.181. The molecule has 118 valence electrons. The van der Waals surface area contributed by atoms with E-state index in [1.807, 2.05) is 0 Å². The number of rotatable bonds is 6. The molecule has 0 aromatic rings. The lowest BCUT2D eigenvalue weighted by atomic mass is 9.48. The van der Waals surface area contributed by atoms with Crippen LogP contribution in [0.1, 0.15) is 65.2 Å². The van der Waals surface area contributed by atoms with Gasteiger partial charge in [-0.25, -0.2) is 4.79 Å². The Hall–Kier alpha value is -0.790. The molecule has 0 aromatic carbocycles. The normalized spacial score (nSPS) is 39.8. The van der Waals surface area contributed by atoms with E-state index in [0.717, 1.165) is 42.9 Å². The van der Waals surface area contributed by atoms with E-state index in [1.165, 1.54) is 38.2 Å². The van der Waals surface area contributed by atoms with Gasteiger partial charge >= 0.3 is 5.97 Å². The Morgan fingerprint density at radius 3 is 2.24 bits per heavy atom. The summed E-state index contributed by atoms with van der Waals surface area (Å²) in [4.78, 5) is 11.9. The largest absolute Gasteiger partial charge is 0.456 e. The molecule has 4 aliphatic rings. The lowest BCUT2D eigenvalue weighted by Gasteiger charge is -2.58. The van der Waals surface area contributed by atoms with Gasteiger partial charge in [-0.3, -0.25) is 0 Å². The number of carbonyl (C=O) groups excluding carboxylic acids is 1. The molecule has 4 rings (SSSR count). The highest BCUT2D eigenvalue weighted by Gasteiger charge is 2.55. The Bertz CT molecular complexity index is 386. The van der Waals surface area contributed by atoms with Crippen molar-refractivity contribution in [3.8, 4) is 0 Å². The minimum Gasteiger partial charge on any atom is -0.456 e. The van der Waals surface area contributed by atoms with Crippen LogP contribution in [0, 0.1) is 29.6 Å². The van der Waals surface area contributed by atoms with Crippen LogP contribution in [-0.2, 0) is 9.53 Å². The first-order valence-electron chi connectivity index (χ1n) is 8.91. The van der Waals surface area contributed by atoms with E-state index in [1.54, 1.807) is 0 Å². The number of ether oxygens (including phenoxy) is 1. The molecule has 0 radical (unpaired) electrons. The number of esters is 1. The minimum absolute atomic E-state index is 0.234. The van der Waals surface area contributed by atoms with Gasteiger partial charge in [0.1, 0.15) is 5.60 Å². The molecular weight excluding hydrogens is 260 g/mol. The van der Waals surface area contributed by atoms with Crippen LogP contribution in [0.5, 0.6) is 0 Å². The molecule has 4 saturated carbocycles. The highest BCUT2D eigenvalue weighted by Crippen LogP contribution is 2.60. The van der Waals surface area contributed by atoms with Crippen molar-refractivity contribution in [3.05, 3.63) is 12.7 Å². The molecule has 0 N–H and O–H groups in total. The number of hydrogen-bond donors (Lipinski definition) is 0. The Kier molecular flexibility index (Phi) is 4.16. The fourth-order valence-corrected chi connectivity index (χ4v) is 6.01. The zero-order valence-corrected chi connectivity index (χ0v) is 13.6. The fourth-order valence-electron chi connectivity index (χ4n) is 6.01. The second-order valence-corrected chi connectivity index (χ2v) is 8.00. The molecule has 0 aliphatic heterocycles. The molecule has 0 saturated heterocycles. The molecule has 1 atom stereocenters. The maximum atomic E-state index is 11.9. The molecule has 0 spiro atoms. The fraction of sp³-hybridized carbons (Fsp3) is 0.842. The van der Waals surface area contributed by atoms with Crippen LogP contribution in [0.25, 0.3) is 0 Å². The van der Waals surface area contributed by atoms with Crippen LogP contribution in [0.4, 0.5) is 0 Å². The third-order valence-electron chi connectivity index (χ3n) is 6.46. The van der Waals surface area contributed by atoms with Gasteiger partial charge < -0.3 is 4.74 Å². The van der Waals surface area contributed by atoms with Gasteiger partial charge in [0.25, 0.3) is 0 Å². The van der Waals surface area contributed by atoms with Crippen LogP contribution in [0.15, 0.2) is 12.7 Å². The van der Waals surface area contributed by atoms with E-state index < -0.39 is 0 Å². The smallest absolute Gasteiger partial charge is 0.330 e. The van der Waals surface area contributed by atoms with E-state index in [9.17, 15) is 4.79 Å². The summed E-state index contributed by atoms with van der Waals surface area (Å²) in [5, 5.41) is 0. The van der Waals surface area contributed by atoms with Gasteiger partial charge in [0, 0.05) is 12.0 Å². The summed E-state index contributed by atoms with van der Waals surface area (Å²) < 4.78 is 5.96. The van der Waals surface area contributed by atoms with Crippen molar-refractivity contribution < 1.29 is 9.53 Å². The van der Waals surface area contributed by atoms with E-state index in [-0.39, 0.29) is 11.6 Å². The van der Waals surface area contributed by atoms with Gasteiger partial charge in [-0.2, -0.15) is 0 Å². The summed E-state index contributed by atoms with van der Waals surface area (Å²) in [5.41, 5.74) is -0.274. The minimum atomic E-state index is -0.274. The molecule has 0 heterocycles. The van der Waals surface area contributed by atoms with Crippen LogP contribution >= 0.6 is 0 Å². The Morgan fingerprint density at radius 1 is 1.19 bits per heavy atom. The van der Waals surface area contributed by atoms with Gasteiger partial charge in [0.2, 0.25) is 0 Å². The Morgan fingerprint density at radius 2 is 1.76 bits per heavy atom. The first kappa shape index (κ1) is 15.1. The van der Waals surface area contributed by atoms with Gasteiger partial charge in [-0.05, 0) is 75.5 Å². The highest BCUT2D eigenvalue weighted by molar-refractivity contribution is 5.81. The molecular formula is C19H30O2. The molecule has 0 amide bonds. The van der Waals surface area contributed by atoms with Crippen LogP contribution in [0.2, 0.25) is 0 Å². The summed E-state index contributed by atoms with van der Waals surface area (Å²) in [6, 6.07) is 0. The van der Waals surface area contributed by atoms with Crippen molar-refractivity contribution in [3.63, 3.8) is 0 Å². The SMILES string of the molecule is C=CC(=O)OC(C)(CCCC)C1C2CC3CC(C2)CC1C3. The van der Waals surface area contributed by atoms with Crippen LogP contribution < -0.4 is 0 Å². The molecule has 0 aromatic heterocycles. The summed E-state index contributed by atoms with van der Waals surface area (Å²) >= 11 is 0. The molecule has 4 bridgehead atoms. The zero-order chi connectivity index (χ0) is 15.0. The van der Waals surface area contributed by atoms with E-state index in [2.05, 4.69) is 20.4 Å². The standard InChI is InChI=1S/C19H30O2/c1-4-6-7-19(3,21-17(20)5-2)18-15-9-13-8-14(11-15)12-16(18)10-13/h5,13-16,18H,2,4,6-12H2,1,3H3. The third-order valence-corrected chi connectivity index (χ3v) is 6.46. The average Bonchev–Trinajstić information content (AvgIpc) is 2.43. The second kappa shape index (κ2) is 5.78. The third kappa shape index (κ3) is 2.78. The first-order valence-corrected chi connectivity index (χ1v) is 8.91. The number of unbranched alkanes of at least 4 members (excludes halogenated alkanes) is 1. The van der Waals surface area contributed by atoms with E-state index in [0.29, 0.717) is 5.92 Å². The predicted octanol–water partition coefficient (Wildman–Crippen LogP) is 4.74. The predicted molar refractivity (Wildman–Crippen MR) is 84.8 cm³/mol. The maximum Gasteiger partial charge on any atom is 0.330 e. The monoisotopic (exact) mass is 290 g/mol. The van der Waals surface area contributed by atoms with Gasteiger partial charge in [-0.1, -0.05) is 19.9 Å². The molecule has 4 fully saturated rings. The first-order chi connectivity index (χ1) is 10.1.